The average Bonchev–Trinajstić information content (AvgIpc) is 3.44. The molecule has 0 radical (unpaired) electrons. The van der Waals surface area contributed by atoms with Gasteiger partial charge in [0.25, 0.3) is 5.91 Å². The highest BCUT2D eigenvalue weighted by atomic mass is 19.1. The number of aromatic nitrogens is 3. The monoisotopic (exact) mass is 403 g/mol. The van der Waals surface area contributed by atoms with E-state index in [9.17, 15) is 9.18 Å². The van der Waals surface area contributed by atoms with Gasteiger partial charge >= 0.3 is 0 Å². The van der Waals surface area contributed by atoms with E-state index in [4.69, 9.17) is 0 Å². The van der Waals surface area contributed by atoms with Crippen molar-refractivity contribution in [3.8, 4) is 11.3 Å². The molecule has 1 amide bonds. The van der Waals surface area contributed by atoms with Crippen LogP contribution in [0, 0.1) is 5.82 Å². The highest BCUT2D eigenvalue weighted by Crippen LogP contribution is 2.24. The topological polar surface area (TPSA) is 76.8 Å². The first-order chi connectivity index (χ1) is 14.7. The first-order valence-corrected chi connectivity index (χ1v) is 10.1. The molecule has 0 spiro atoms. The summed E-state index contributed by atoms with van der Waals surface area (Å²) in [7, 11) is 0. The molecule has 6 nitrogen and oxygen atoms in total. The first-order valence-electron chi connectivity index (χ1n) is 10.1. The number of nitrogens with one attached hydrogen (secondary N) is 3. The summed E-state index contributed by atoms with van der Waals surface area (Å²) in [5, 5.41) is 11.6. The van der Waals surface area contributed by atoms with Crippen molar-refractivity contribution in [1.29, 1.82) is 0 Å². The van der Waals surface area contributed by atoms with Crippen LogP contribution in [-0.2, 0) is 0 Å². The Labute approximate surface area is 173 Å². The number of H-pyrrole nitrogens is 2. The van der Waals surface area contributed by atoms with Crippen LogP contribution in [0.3, 0.4) is 0 Å². The standard InChI is InChI=1S/C23H22FN5O/c24-18-4-1-15(2-5-18)21-14-22(28-27-21)29-11-8-19(9-12-29)26-23(30)17-3-6-20-16(13-17)7-10-25-20/h1-7,10,13-14,19,25H,8-9,11-12H2,(H,26,30)(H,27,28). The molecule has 1 aliphatic rings. The Kier molecular flexibility index (Phi) is 4.71. The Morgan fingerprint density at radius 1 is 1.07 bits per heavy atom. The van der Waals surface area contributed by atoms with E-state index >= 15 is 0 Å². The van der Waals surface area contributed by atoms with Gasteiger partial charge in [0.1, 0.15) is 5.82 Å². The van der Waals surface area contributed by atoms with Crippen LogP contribution >= 0.6 is 0 Å². The number of anilines is 1. The summed E-state index contributed by atoms with van der Waals surface area (Å²) in [6.45, 7) is 1.63. The van der Waals surface area contributed by atoms with Gasteiger partial charge in [0.2, 0.25) is 0 Å². The number of carbonyl (C=O) groups is 1. The molecule has 7 heteroatoms. The molecule has 2 aromatic heterocycles. The zero-order chi connectivity index (χ0) is 20.5. The number of benzene rings is 2. The first kappa shape index (κ1) is 18.4. The maximum Gasteiger partial charge on any atom is 0.251 e. The fourth-order valence-electron chi connectivity index (χ4n) is 3.97. The fraction of sp³-hybridized carbons (Fsp3) is 0.217. The molecule has 3 heterocycles. The summed E-state index contributed by atoms with van der Waals surface area (Å²) in [5.41, 5.74) is 3.47. The van der Waals surface area contributed by atoms with Crippen molar-refractivity contribution < 1.29 is 9.18 Å². The van der Waals surface area contributed by atoms with E-state index in [1.54, 1.807) is 12.1 Å². The fourth-order valence-corrected chi connectivity index (χ4v) is 3.97. The lowest BCUT2D eigenvalue weighted by molar-refractivity contribution is 0.0931. The Morgan fingerprint density at radius 3 is 2.67 bits per heavy atom. The second kappa shape index (κ2) is 7.67. The molecule has 152 valence electrons. The number of nitrogens with zero attached hydrogens (tertiary/aromatic N) is 2. The number of carbonyl (C=O) groups excluding carboxylic acids is 1. The molecule has 0 unspecified atom stereocenters. The van der Waals surface area contributed by atoms with Crippen molar-refractivity contribution in [2.45, 2.75) is 18.9 Å². The molecule has 5 rings (SSSR count). The minimum Gasteiger partial charge on any atom is -0.361 e. The highest BCUT2D eigenvalue weighted by molar-refractivity contribution is 5.98. The second-order valence-electron chi connectivity index (χ2n) is 7.66. The minimum absolute atomic E-state index is 0.0325. The van der Waals surface area contributed by atoms with Gasteiger partial charge in [-0.15, -0.1) is 0 Å². The molecular formula is C23H22FN5O. The summed E-state index contributed by atoms with van der Waals surface area (Å²) in [6, 6.07) is 16.1. The summed E-state index contributed by atoms with van der Waals surface area (Å²) >= 11 is 0. The van der Waals surface area contributed by atoms with Gasteiger partial charge in [-0.2, -0.15) is 5.10 Å². The van der Waals surface area contributed by atoms with Crippen LogP contribution < -0.4 is 10.2 Å². The van der Waals surface area contributed by atoms with Gasteiger partial charge < -0.3 is 15.2 Å². The molecule has 1 saturated heterocycles. The van der Waals surface area contributed by atoms with E-state index in [1.165, 1.54) is 12.1 Å². The van der Waals surface area contributed by atoms with Gasteiger partial charge in [0, 0.05) is 47.9 Å². The molecule has 2 aromatic carbocycles. The van der Waals surface area contributed by atoms with Crippen molar-refractivity contribution in [2.24, 2.45) is 0 Å². The van der Waals surface area contributed by atoms with Gasteiger partial charge in [0.05, 0.1) is 5.69 Å². The van der Waals surface area contributed by atoms with Crippen LogP contribution in [0.4, 0.5) is 10.2 Å². The largest absolute Gasteiger partial charge is 0.361 e. The summed E-state index contributed by atoms with van der Waals surface area (Å²) in [4.78, 5) is 18.0. The van der Waals surface area contributed by atoms with Gasteiger partial charge in [-0.25, -0.2) is 4.39 Å². The number of fused-ring (bicyclic) bond motifs is 1. The number of piperidine rings is 1. The highest BCUT2D eigenvalue weighted by Gasteiger charge is 2.23. The summed E-state index contributed by atoms with van der Waals surface area (Å²) in [6.07, 6.45) is 3.59. The Balaban J connectivity index is 1.19. The number of halogens is 1. The molecule has 0 atom stereocenters. The van der Waals surface area contributed by atoms with Crippen LogP contribution in [0.15, 0.2) is 60.8 Å². The molecule has 1 aliphatic heterocycles. The van der Waals surface area contributed by atoms with E-state index in [1.807, 2.05) is 36.5 Å². The molecule has 4 aromatic rings. The van der Waals surface area contributed by atoms with Crippen molar-refractivity contribution in [3.05, 3.63) is 72.2 Å². The Morgan fingerprint density at radius 2 is 1.87 bits per heavy atom. The molecule has 1 fully saturated rings. The Hall–Kier alpha value is -3.61. The molecular weight excluding hydrogens is 381 g/mol. The number of amides is 1. The van der Waals surface area contributed by atoms with Gasteiger partial charge in [-0.1, -0.05) is 0 Å². The molecule has 0 aliphatic carbocycles. The summed E-state index contributed by atoms with van der Waals surface area (Å²) in [5.74, 6) is 0.586. The van der Waals surface area contributed by atoms with Crippen molar-refractivity contribution in [3.63, 3.8) is 0 Å². The van der Waals surface area contributed by atoms with Gasteiger partial charge in [-0.05, 0) is 66.9 Å². The third-order valence-corrected chi connectivity index (χ3v) is 5.69. The lowest BCUT2D eigenvalue weighted by Gasteiger charge is -2.32. The molecule has 30 heavy (non-hydrogen) atoms. The van der Waals surface area contributed by atoms with Crippen LogP contribution in [0.25, 0.3) is 22.2 Å². The third kappa shape index (κ3) is 3.66. The van der Waals surface area contributed by atoms with Crippen LogP contribution in [0.5, 0.6) is 0 Å². The second-order valence-corrected chi connectivity index (χ2v) is 7.66. The van der Waals surface area contributed by atoms with Gasteiger partial charge in [-0.3, -0.25) is 9.89 Å². The molecule has 3 N–H and O–H groups in total. The Bertz CT molecular complexity index is 1170. The predicted octanol–water partition coefficient (Wildman–Crippen LogP) is 4.10. The average molecular weight is 403 g/mol. The van der Waals surface area contributed by atoms with Crippen molar-refractivity contribution in [2.75, 3.05) is 18.0 Å². The smallest absolute Gasteiger partial charge is 0.251 e. The van der Waals surface area contributed by atoms with E-state index < -0.39 is 0 Å². The van der Waals surface area contributed by atoms with Crippen molar-refractivity contribution >= 4 is 22.6 Å². The third-order valence-electron chi connectivity index (χ3n) is 5.69. The SMILES string of the molecule is O=C(NC1CCN(c2cc(-c3ccc(F)cc3)[nH]n2)CC1)c1ccc2[nH]ccc2c1. The number of aromatic amines is 2. The lowest BCUT2D eigenvalue weighted by Crippen LogP contribution is -2.44. The number of rotatable bonds is 4. The molecule has 0 saturated carbocycles. The maximum absolute atomic E-state index is 13.1. The van der Waals surface area contributed by atoms with E-state index in [0.29, 0.717) is 5.56 Å². The number of hydrogen-bond donors (Lipinski definition) is 3. The van der Waals surface area contributed by atoms with E-state index in [2.05, 4.69) is 25.4 Å². The lowest BCUT2D eigenvalue weighted by atomic mass is 10.0. The van der Waals surface area contributed by atoms with Gasteiger partial charge in [0.15, 0.2) is 5.82 Å². The predicted molar refractivity (Wildman–Crippen MR) is 115 cm³/mol. The minimum atomic E-state index is -0.254. The van der Waals surface area contributed by atoms with Crippen LogP contribution in [0.1, 0.15) is 23.2 Å². The van der Waals surface area contributed by atoms with Crippen molar-refractivity contribution in [1.82, 2.24) is 20.5 Å². The van der Waals surface area contributed by atoms with E-state index in [-0.39, 0.29) is 17.8 Å². The normalized spacial score (nSPS) is 14.9. The quantitative estimate of drug-likeness (QED) is 0.480. The molecule has 0 bridgehead atoms. The van der Waals surface area contributed by atoms with Crippen LogP contribution in [-0.4, -0.2) is 40.2 Å². The zero-order valence-electron chi connectivity index (χ0n) is 16.4. The maximum atomic E-state index is 13.1. The zero-order valence-corrected chi connectivity index (χ0v) is 16.4. The summed E-state index contributed by atoms with van der Waals surface area (Å²) < 4.78 is 13.1. The van der Waals surface area contributed by atoms with Crippen LogP contribution in [0.2, 0.25) is 0 Å². The number of hydrogen-bond acceptors (Lipinski definition) is 3. The van der Waals surface area contributed by atoms with E-state index in [0.717, 1.165) is 53.9 Å².